The van der Waals surface area contributed by atoms with E-state index in [-0.39, 0.29) is 0 Å². The van der Waals surface area contributed by atoms with E-state index in [9.17, 15) is 4.21 Å². The molecule has 1 aromatic heterocycles. The van der Waals surface area contributed by atoms with Crippen molar-refractivity contribution >= 4 is 10.8 Å². The molecular weight excluding hydrogens is 210 g/mol. The normalized spacial score (nSPS) is 12.5. The molecule has 1 unspecified atom stereocenters. The lowest BCUT2D eigenvalue weighted by Gasteiger charge is -1.98. The highest BCUT2D eigenvalue weighted by Gasteiger charge is 2.06. The first-order valence-corrected chi connectivity index (χ1v) is 5.96. The number of aryl methyl sites for hydroxylation is 1. The van der Waals surface area contributed by atoms with Gasteiger partial charge in [-0.3, -0.25) is 4.21 Å². The van der Waals surface area contributed by atoms with E-state index in [0.29, 0.717) is 10.8 Å². The molecule has 0 spiro atoms. The van der Waals surface area contributed by atoms with Gasteiger partial charge < -0.3 is 0 Å². The SMILES string of the molecule is O=S(CCc1ccccc1)c1cn[nH]n1. The molecule has 15 heavy (non-hydrogen) atoms. The number of aromatic nitrogens is 3. The first-order valence-electron chi connectivity index (χ1n) is 4.64. The minimum atomic E-state index is -1.06. The van der Waals surface area contributed by atoms with Gasteiger partial charge in [0.25, 0.3) is 0 Å². The van der Waals surface area contributed by atoms with Crippen molar-refractivity contribution in [3.63, 3.8) is 0 Å². The average molecular weight is 221 g/mol. The third kappa shape index (κ3) is 2.73. The molecule has 2 aromatic rings. The van der Waals surface area contributed by atoms with Crippen molar-refractivity contribution in [2.45, 2.75) is 11.4 Å². The molecule has 0 saturated carbocycles. The van der Waals surface area contributed by atoms with Crippen molar-refractivity contribution in [2.75, 3.05) is 5.75 Å². The molecule has 0 bridgehead atoms. The van der Waals surface area contributed by atoms with Crippen LogP contribution in [0.3, 0.4) is 0 Å². The van der Waals surface area contributed by atoms with E-state index in [1.54, 1.807) is 0 Å². The Hall–Kier alpha value is -1.49. The summed E-state index contributed by atoms with van der Waals surface area (Å²) in [5.74, 6) is 0.580. The van der Waals surface area contributed by atoms with Gasteiger partial charge in [0.15, 0.2) is 5.03 Å². The predicted octanol–water partition coefficient (Wildman–Crippen LogP) is 1.16. The Labute approximate surface area is 90.2 Å². The number of aromatic amines is 1. The molecule has 1 aromatic carbocycles. The van der Waals surface area contributed by atoms with Crippen molar-refractivity contribution in [1.82, 2.24) is 15.4 Å². The zero-order chi connectivity index (χ0) is 10.5. The van der Waals surface area contributed by atoms with E-state index < -0.39 is 10.8 Å². The molecule has 1 N–H and O–H groups in total. The number of H-pyrrole nitrogens is 1. The summed E-state index contributed by atoms with van der Waals surface area (Å²) in [5.41, 5.74) is 1.19. The van der Waals surface area contributed by atoms with Crippen LogP contribution in [-0.4, -0.2) is 25.4 Å². The molecule has 0 aliphatic rings. The molecule has 0 saturated heterocycles. The lowest BCUT2D eigenvalue weighted by atomic mass is 10.2. The van der Waals surface area contributed by atoms with Crippen LogP contribution in [0.1, 0.15) is 5.56 Å². The van der Waals surface area contributed by atoms with Crippen molar-refractivity contribution in [1.29, 1.82) is 0 Å². The van der Waals surface area contributed by atoms with Crippen LogP contribution in [0.5, 0.6) is 0 Å². The zero-order valence-corrected chi connectivity index (χ0v) is 8.91. The fraction of sp³-hybridized carbons (Fsp3) is 0.200. The van der Waals surface area contributed by atoms with Gasteiger partial charge in [-0.05, 0) is 12.0 Å². The monoisotopic (exact) mass is 221 g/mol. The summed E-state index contributed by atoms with van der Waals surface area (Å²) >= 11 is 0. The van der Waals surface area contributed by atoms with Gasteiger partial charge in [-0.15, -0.1) is 5.10 Å². The fourth-order valence-electron chi connectivity index (χ4n) is 1.26. The maximum absolute atomic E-state index is 11.7. The first kappa shape index (κ1) is 10.0. The second-order valence-corrected chi connectivity index (χ2v) is 4.61. The zero-order valence-electron chi connectivity index (χ0n) is 8.09. The summed E-state index contributed by atoms with van der Waals surface area (Å²) in [6, 6.07) is 9.99. The van der Waals surface area contributed by atoms with Crippen molar-refractivity contribution in [3.8, 4) is 0 Å². The molecule has 4 nitrogen and oxygen atoms in total. The smallest absolute Gasteiger partial charge is 0.169 e. The topological polar surface area (TPSA) is 58.6 Å². The molecule has 0 fully saturated rings. The van der Waals surface area contributed by atoms with Crippen LogP contribution in [-0.2, 0) is 17.2 Å². The van der Waals surface area contributed by atoms with Gasteiger partial charge in [-0.25, -0.2) is 0 Å². The highest BCUT2D eigenvalue weighted by molar-refractivity contribution is 7.84. The molecule has 0 aliphatic carbocycles. The second kappa shape index (κ2) is 4.84. The molecule has 1 atom stereocenters. The van der Waals surface area contributed by atoms with Gasteiger partial charge >= 0.3 is 0 Å². The van der Waals surface area contributed by atoms with Gasteiger partial charge in [0.05, 0.1) is 17.0 Å². The minimum Gasteiger partial charge on any atom is -0.253 e. The fourth-order valence-corrected chi connectivity index (χ4v) is 2.20. The maximum atomic E-state index is 11.7. The standard InChI is InChI=1S/C10H11N3OS/c14-15(10-8-11-13-12-10)7-6-9-4-2-1-3-5-9/h1-5,8H,6-7H2,(H,11,12,13). The lowest BCUT2D eigenvalue weighted by molar-refractivity contribution is 0.679. The van der Waals surface area contributed by atoms with Gasteiger partial charge in [-0.2, -0.15) is 10.3 Å². The molecule has 78 valence electrons. The van der Waals surface area contributed by atoms with Crippen molar-refractivity contribution in [3.05, 3.63) is 42.1 Å². The maximum Gasteiger partial charge on any atom is 0.169 e. The third-order valence-electron chi connectivity index (χ3n) is 2.05. The Morgan fingerprint density at radius 2 is 2.07 bits per heavy atom. The summed E-state index contributed by atoms with van der Waals surface area (Å²) in [5, 5.41) is 10.4. The number of hydrogen-bond acceptors (Lipinski definition) is 3. The van der Waals surface area contributed by atoms with Crippen LogP contribution in [0.15, 0.2) is 41.6 Å². The van der Waals surface area contributed by atoms with E-state index in [0.717, 1.165) is 6.42 Å². The number of rotatable bonds is 4. The van der Waals surface area contributed by atoms with Crippen LogP contribution in [0.25, 0.3) is 0 Å². The molecule has 1 heterocycles. The van der Waals surface area contributed by atoms with Crippen molar-refractivity contribution in [2.24, 2.45) is 0 Å². The lowest BCUT2D eigenvalue weighted by Crippen LogP contribution is -2.01. The Balaban J connectivity index is 1.92. The molecule has 0 amide bonds. The average Bonchev–Trinajstić information content (AvgIpc) is 2.81. The number of hydrogen-bond donors (Lipinski definition) is 1. The highest BCUT2D eigenvalue weighted by Crippen LogP contribution is 2.04. The van der Waals surface area contributed by atoms with Crippen LogP contribution >= 0.6 is 0 Å². The van der Waals surface area contributed by atoms with Crippen molar-refractivity contribution < 1.29 is 4.21 Å². The Morgan fingerprint density at radius 1 is 1.27 bits per heavy atom. The Morgan fingerprint density at radius 3 is 2.73 bits per heavy atom. The minimum absolute atomic E-state index is 0.519. The van der Waals surface area contributed by atoms with Crippen LogP contribution in [0.4, 0.5) is 0 Å². The first-order chi connectivity index (χ1) is 7.36. The molecule has 5 heteroatoms. The van der Waals surface area contributed by atoms with Crippen LogP contribution in [0.2, 0.25) is 0 Å². The Kier molecular flexibility index (Phi) is 3.24. The second-order valence-electron chi connectivity index (χ2n) is 3.09. The molecule has 0 aliphatic heterocycles. The van der Waals surface area contributed by atoms with Gasteiger partial charge in [0, 0.05) is 5.75 Å². The van der Waals surface area contributed by atoms with E-state index in [4.69, 9.17) is 0 Å². The number of nitrogens with zero attached hydrogens (tertiary/aromatic N) is 2. The Bertz CT molecular complexity index is 427. The highest BCUT2D eigenvalue weighted by atomic mass is 32.2. The van der Waals surface area contributed by atoms with Crippen LogP contribution in [0, 0.1) is 0 Å². The van der Waals surface area contributed by atoms with Gasteiger partial charge in [0.1, 0.15) is 0 Å². The van der Waals surface area contributed by atoms with E-state index in [1.807, 2.05) is 30.3 Å². The van der Waals surface area contributed by atoms with Gasteiger partial charge in [0.2, 0.25) is 0 Å². The van der Waals surface area contributed by atoms with Crippen LogP contribution < -0.4 is 0 Å². The quantitative estimate of drug-likeness (QED) is 0.842. The summed E-state index contributed by atoms with van der Waals surface area (Å²) < 4.78 is 11.7. The summed E-state index contributed by atoms with van der Waals surface area (Å²) in [6.45, 7) is 0. The largest absolute Gasteiger partial charge is 0.253 e. The number of benzene rings is 1. The summed E-state index contributed by atoms with van der Waals surface area (Å²) in [6.07, 6.45) is 2.29. The summed E-state index contributed by atoms with van der Waals surface area (Å²) in [7, 11) is -1.06. The van der Waals surface area contributed by atoms with E-state index in [1.165, 1.54) is 11.8 Å². The third-order valence-corrected chi connectivity index (χ3v) is 3.28. The number of nitrogens with one attached hydrogen (secondary N) is 1. The van der Waals surface area contributed by atoms with E-state index >= 15 is 0 Å². The molecule has 0 radical (unpaired) electrons. The molecular formula is C10H11N3OS. The van der Waals surface area contributed by atoms with E-state index in [2.05, 4.69) is 15.4 Å². The molecule has 2 rings (SSSR count). The predicted molar refractivity (Wildman–Crippen MR) is 57.8 cm³/mol. The summed E-state index contributed by atoms with van der Waals surface area (Å²) in [4.78, 5) is 0. The van der Waals surface area contributed by atoms with Gasteiger partial charge in [-0.1, -0.05) is 30.3 Å².